The van der Waals surface area contributed by atoms with Crippen molar-refractivity contribution in [1.82, 2.24) is 0 Å². The predicted molar refractivity (Wildman–Crippen MR) is 123 cm³/mol. The fraction of sp³-hybridized carbons (Fsp3) is 0.167. The van der Waals surface area contributed by atoms with E-state index >= 15 is 0 Å². The summed E-state index contributed by atoms with van der Waals surface area (Å²) in [4.78, 5) is 12.8. The molecular weight excluding hydrogens is 426 g/mol. The molecular formula is C24H23N3O4S. The van der Waals surface area contributed by atoms with Crippen LogP contribution in [0, 0.1) is 11.3 Å². The van der Waals surface area contributed by atoms with Gasteiger partial charge >= 0.3 is 0 Å². The normalized spacial score (nSPS) is 10.8. The lowest BCUT2D eigenvalue weighted by atomic mass is 10.1. The number of hydrogen-bond donors (Lipinski definition) is 1. The number of anilines is 2. The highest BCUT2D eigenvalue weighted by atomic mass is 32.2. The number of ether oxygens (including phenoxy) is 1. The van der Waals surface area contributed by atoms with E-state index in [4.69, 9.17) is 10.00 Å². The summed E-state index contributed by atoms with van der Waals surface area (Å²) in [6, 6.07) is 23.5. The molecule has 32 heavy (non-hydrogen) atoms. The molecule has 0 atom stereocenters. The summed E-state index contributed by atoms with van der Waals surface area (Å²) >= 11 is 0. The minimum absolute atomic E-state index is 0.0541. The first-order valence-corrected chi connectivity index (χ1v) is 11.4. The van der Waals surface area contributed by atoms with Crippen molar-refractivity contribution in [3.05, 3.63) is 84.4 Å². The molecule has 0 aliphatic rings. The van der Waals surface area contributed by atoms with Crippen LogP contribution >= 0.6 is 0 Å². The molecule has 0 aliphatic carbocycles. The second-order valence-electron chi connectivity index (χ2n) is 6.83. The van der Waals surface area contributed by atoms with E-state index in [0.717, 1.165) is 9.87 Å². The summed E-state index contributed by atoms with van der Waals surface area (Å²) in [6.07, 6.45) is 0.274. The Morgan fingerprint density at radius 1 is 1.00 bits per heavy atom. The number of benzene rings is 3. The largest absolute Gasteiger partial charge is 0.494 e. The maximum atomic E-state index is 13.4. The summed E-state index contributed by atoms with van der Waals surface area (Å²) in [5, 5.41) is 11.5. The zero-order valence-electron chi connectivity index (χ0n) is 17.6. The van der Waals surface area contributed by atoms with Gasteiger partial charge in [0, 0.05) is 5.69 Å². The molecule has 1 amide bonds. The molecule has 0 bridgehead atoms. The van der Waals surface area contributed by atoms with Gasteiger partial charge in [0.25, 0.3) is 10.0 Å². The number of nitrogens with zero attached hydrogens (tertiary/aromatic N) is 2. The van der Waals surface area contributed by atoms with Crippen molar-refractivity contribution in [2.24, 2.45) is 0 Å². The van der Waals surface area contributed by atoms with Gasteiger partial charge in [-0.3, -0.25) is 9.10 Å². The molecule has 0 spiro atoms. The zero-order chi connectivity index (χ0) is 23.0. The minimum atomic E-state index is -4.01. The van der Waals surface area contributed by atoms with Crippen LogP contribution in [0.4, 0.5) is 11.4 Å². The number of sulfonamides is 1. The number of nitrogens with one attached hydrogen (secondary N) is 1. The maximum absolute atomic E-state index is 13.4. The highest BCUT2D eigenvalue weighted by Crippen LogP contribution is 2.25. The number of amides is 1. The number of carbonyl (C=O) groups excluding carboxylic acids is 1. The molecule has 3 rings (SSSR count). The molecule has 7 nitrogen and oxygen atoms in total. The molecule has 0 fully saturated rings. The molecule has 3 aromatic carbocycles. The molecule has 0 unspecified atom stereocenters. The summed E-state index contributed by atoms with van der Waals surface area (Å²) < 4.78 is 33.2. The van der Waals surface area contributed by atoms with Crippen LogP contribution in [-0.4, -0.2) is 27.5 Å². The summed E-state index contributed by atoms with van der Waals surface area (Å²) in [5.41, 5.74) is 1.72. The standard InChI is InChI=1S/C24H23N3O4S/c1-2-31-22-12-14-23(15-13-22)32(29,30)27(21-6-4-3-5-7-21)18-24(28)26-20-10-8-19(9-11-20)16-17-25/h3-15H,2,16,18H2,1H3,(H,26,28). The molecule has 8 heteroatoms. The smallest absolute Gasteiger partial charge is 0.264 e. The Labute approximate surface area is 187 Å². The van der Waals surface area contributed by atoms with Gasteiger partial charge in [0.1, 0.15) is 12.3 Å². The highest BCUT2D eigenvalue weighted by Gasteiger charge is 2.27. The van der Waals surface area contributed by atoms with Crippen LogP contribution in [-0.2, 0) is 21.2 Å². The molecule has 1 N–H and O–H groups in total. The monoisotopic (exact) mass is 449 g/mol. The van der Waals surface area contributed by atoms with Gasteiger partial charge in [0.2, 0.25) is 5.91 Å². The molecule has 0 radical (unpaired) electrons. The highest BCUT2D eigenvalue weighted by molar-refractivity contribution is 7.92. The van der Waals surface area contributed by atoms with E-state index in [0.29, 0.717) is 23.7 Å². The Kier molecular flexibility index (Phi) is 7.47. The van der Waals surface area contributed by atoms with Crippen molar-refractivity contribution in [2.45, 2.75) is 18.2 Å². The van der Waals surface area contributed by atoms with E-state index in [2.05, 4.69) is 11.4 Å². The number of para-hydroxylation sites is 1. The fourth-order valence-corrected chi connectivity index (χ4v) is 4.46. The van der Waals surface area contributed by atoms with E-state index in [1.807, 2.05) is 6.92 Å². The lowest BCUT2D eigenvalue weighted by Gasteiger charge is -2.24. The molecule has 164 valence electrons. The second-order valence-corrected chi connectivity index (χ2v) is 8.69. The average Bonchev–Trinajstić information content (AvgIpc) is 2.80. The first kappa shape index (κ1) is 22.8. The molecule has 0 aromatic heterocycles. The van der Waals surface area contributed by atoms with Gasteiger partial charge in [-0.15, -0.1) is 0 Å². The second kappa shape index (κ2) is 10.5. The summed E-state index contributed by atoms with van der Waals surface area (Å²) in [5.74, 6) is 0.0756. The SMILES string of the molecule is CCOc1ccc(S(=O)(=O)N(CC(=O)Nc2ccc(CC#N)cc2)c2ccccc2)cc1. The molecule has 0 heterocycles. The third-order valence-corrected chi connectivity index (χ3v) is 6.36. The Morgan fingerprint density at radius 2 is 1.66 bits per heavy atom. The number of hydrogen-bond acceptors (Lipinski definition) is 5. The van der Waals surface area contributed by atoms with Crippen molar-refractivity contribution in [2.75, 3.05) is 22.8 Å². The van der Waals surface area contributed by atoms with Gasteiger partial charge in [0.05, 0.1) is 29.7 Å². The van der Waals surface area contributed by atoms with E-state index in [1.165, 1.54) is 12.1 Å². The van der Waals surface area contributed by atoms with Crippen molar-refractivity contribution < 1.29 is 17.9 Å². The first-order valence-electron chi connectivity index (χ1n) is 10.0. The van der Waals surface area contributed by atoms with Crippen molar-refractivity contribution in [1.29, 1.82) is 5.26 Å². The Bertz CT molecular complexity index is 1190. The lowest BCUT2D eigenvalue weighted by Crippen LogP contribution is -2.38. The number of carbonyl (C=O) groups is 1. The Hall–Kier alpha value is -3.83. The van der Waals surface area contributed by atoms with Crippen molar-refractivity contribution in [3.63, 3.8) is 0 Å². The zero-order valence-corrected chi connectivity index (χ0v) is 18.4. The van der Waals surface area contributed by atoms with Crippen LogP contribution in [0.2, 0.25) is 0 Å². The van der Waals surface area contributed by atoms with Gasteiger partial charge in [-0.25, -0.2) is 8.42 Å². The minimum Gasteiger partial charge on any atom is -0.494 e. The van der Waals surface area contributed by atoms with E-state index in [9.17, 15) is 13.2 Å². The van der Waals surface area contributed by atoms with Crippen LogP contribution < -0.4 is 14.4 Å². The molecule has 0 saturated heterocycles. The van der Waals surface area contributed by atoms with E-state index < -0.39 is 22.5 Å². The van der Waals surface area contributed by atoms with Gasteiger partial charge in [0.15, 0.2) is 0 Å². The van der Waals surface area contributed by atoms with Crippen LogP contribution in [0.1, 0.15) is 12.5 Å². The topological polar surface area (TPSA) is 99.5 Å². The number of rotatable bonds is 9. The van der Waals surface area contributed by atoms with Gasteiger partial charge in [-0.05, 0) is 61.0 Å². The van der Waals surface area contributed by atoms with E-state index in [1.54, 1.807) is 66.7 Å². The van der Waals surface area contributed by atoms with Crippen molar-refractivity contribution >= 4 is 27.3 Å². The Morgan fingerprint density at radius 3 is 2.25 bits per heavy atom. The third kappa shape index (κ3) is 5.65. The Balaban J connectivity index is 1.84. The predicted octanol–water partition coefficient (Wildman–Crippen LogP) is 3.99. The summed E-state index contributed by atoms with van der Waals surface area (Å²) in [7, 11) is -4.01. The summed E-state index contributed by atoms with van der Waals surface area (Å²) in [6.45, 7) is 1.91. The molecule has 3 aromatic rings. The van der Waals surface area contributed by atoms with Crippen molar-refractivity contribution in [3.8, 4) is 11.8 Å². The lowest BCUT2D eigenvalue weighted by molar-refractivity contribution is -0.114. The van der Waals surface area contributed by atoms with Gasteiger partial charge in [-0.2, -0.15) is 5.26 Å². The fourth-order valence-electron chi connectivity index (χ4n) is 3.04. The van der Waals surface area contributed by atoms with Crippen LogP contribution in [0.3, 0.4) is 0 Å². The van der Waals surface area contributed by atoms with E-state index in [-0.39, 0.29) is 11.3 Å². The van der Waals surface area contributed by atoms with Gasteiger partial charge in [-0.1, -0.05) is 30.3 Å². The van der Waals surface area contributed by atoms with Crippen LogP contribution in [0.25, 0.3) is 0 Å². The quantitative estimate of drug-likeness (QED) is 0.533. The average molecular weight is 450 g/mol. The first-order chi connectivity index (χ1) is 15.4. The number of nitriles is 1. The van der Waals surface area contributed by atoms with Crippen LogP contribution in [0.15, 0.2) is 83.8 Å². The third-order valence-electron chi connectivity index (χ3n) is 4.57. The maximum Gasteiger partial charge on any atom is 0.264 e. The van der Waals surface area contributed by atoms with Gasteiger partial charge < -0.3 is 10.1 Å². The molecule has 0 saturated carbocycles. The molecule has 0 aliphatic heterocycles. The van der Waals surface area contributed by atoms with Crippen LogP contribution in [0.5, 0.6) is 5.75 Å².